The van der Waals surface area contributed by atoms with Crippen LogP contribution in [0.4, 0.5) is 5.69 Å². The maximum atomic E-state index is 10.8. The standard InChI is InChI=1S/C15H24N2O2/c1-4-17(5-2)11-10-12(3)16-14-8-6-13(7-9-14)15(18)19/h6-9,12,16H,4-5,10-11H2,1-3H3,(H,18,19). The van der Waals surface area contributed by atoms with Crippen LogP contribution in [0, 0.1) is 0 Å². The molecule has 0 amide bonds. The second-order valence-corrected chi connectivity index (χ2v) is 4.74. The molecule has 1 aromatic carbocycles. The van der Waals surface area contributed by atoms with E-state index in [-0.39, 0.29) is 0 Å². The Kier molecular flexibility index (Phi) is 6.36. The summed E-state index contributed by atoms with van der Waals surface area (Å²) in [5.74, 6) is -0.888. The van der Waals surface area contributed by atoms with Gasteiger partial charge in [-0.25, -0.2) is 4.79 Å². The molecular formula is C15H24N2O2. The quantitative estimate of drug-likeness (QED) is 0.758. The topological polar surface area (TPSA) is 52.6 Å². The van der Waals surface area contributed by atoms with Gasteiger partial charge in [0.25, 0.3) is 0 Å². The van der Waals surface area contributed by atoms with Crippen molar-refractivity contribution >= 4 is 11.7 Å². The lowest BCUT2D eigenvalue weighted by Crippen LogP contribution is -2.28. The molecule has 0 aliphatic rings. The fourth-order valence-corrected chi connectivity index (χ4v) is 1.98. The normalized spacial score (nSPS) is 12.4. The molecule has 0 fully saturated rings. The third-order valence-corrected chi connectivity index (χ3v) is 3.32. The number of nitrogens with zero attached hydrogens (tertiary/aromatic N) is 1. The molecule has 0 heterocycles. The number of hydrogen-bond donors (Lipinski definition) is 2. The van der Waals surface area contributed by atoms with E-state index in [0.717, 1.165) is 31.7 Å². The molecule has 1 unspecified atom stereocenters. The molecule has 0 aliphatic carbocycles. The Balaban J connectivity index is 2.43. The largest absolute Gasteiger partial charge is 0.478 e. The zero-order chi connectivity index (χ0) is 14.3. The van der Waals surface area contributed by atoms with Crippen molar-refractivity contribution in [3.05, 3.63) is 29.8 Å². The van der Waals surface area contributed by atoms with Crippen LogP contribution in [0.2, 0.25) is 0 Å². The Labute approximate surface area is 115 Å². The Morgan fingerprint density at radius 1 is 1.26 bits per heavy atom. The number of carbonyl (C=O) groups is 1. The fraction of sp³-hybridized carbons (Fsp3) is 0.533. The Bertz CT molecular complexity index is 386. The zero-order valence-electron chi connectivity index (χ0n) is 12.0. The molecular weight excluding hydrogens is 240 g/mol. The summed E-state index contributed by atoms with van der Waals surface area (Å²) in [5.41, 5.74) is 1.29. The van der Waals surface area contributed by atoms with Crippen LogP contribution in [0.25, 0.3) is 0 Å². The molecule has 0 aromatic heterocycles. The number of anilines is 1. The number of carboxylic acids is 1. The molecule has 106 valence electrons. The lowest BCUT2D eigenvalue weighted by atomic mass is 10.1. The van der Waals surface area contributed by atoms with Gasteiger partial charge in [0.1, 0.15) is 0 Å². The van der Waals surface area contributed by atoms with Crippen LogP contribution < -0.4 is 5.32 Å². The molecule has 0 aliphatic heterocycles. The van der Waals surface area contributed by atoms with Gasteiger partial charge in [0, 0.05) is 18.3 Å². The fourth-order valence-electron chi connectivity index (χ4n) is 1.98. The van der Waals surface area contributed by atoms with Crippen LogP contribution in [0.1, 0.15) is 37.6 Å². The van der Waals surface area contributed by atoms with Crippen molar-refractivity contribution in [3.63, 3.8) is 0 Å². The molecule has 4 heteroatoms. The van der Waals surface area contributed by atoms with Crippen molar-refractivity contribution < 1.29 is 9.90 Å². The highest BCUT2D eigenvalue weighted by Crippen LogP contribution is 2.12. The molecule has 1 rings (SSSR count). The number of carboxylic acid groups (broad SMARTS) is 1. The van der Waals surface area contributed by atoms with E-state index < -0.39 is 5.97 Å². The van der Waals surface area contributed by atoms with E-state index in [1.807, 2.05) is 12.1 Å². The molecule has 19 heavy (non-hydrogen) atoms. The Hall–Kier alpha value is -1.55. The van der Waals surface area contributed by atoms with E-state index in [1.54, 1.807) is 12.1 Å². The number of hydrogen-bond acceptors (Lipinski definition) is 3. The first-order valence-electron chi connectivity index (χ1n) is 6.89. The molecule has 0 bridgehead atoms. The first-order chi connectivity index (χ1) is 9.06. The summed E-state index contributed by atoms with van der Waals surface area (Å²) in [6, 6.07) is 7.26. The summed E-state index contributed by atoms with van der Waals surface area (Å²) in [5, 5.41) is 12.2. The maximum absolute atomic E-state index is 10.8. The second-order valence-electron chi connectivity index (χ2n) is 4.74. The van der Waals surface area contributed by atoms with Gasteiger partial charge in [0.15, 0.2) is 0 Å². The maximum Gasteiger partial charge on any atom is 0.335 e. The summed E-state index contributed by atoms with van der Waals surface area (Å²) < 4.78 is 0. The highest BCUT2D eigenvalue weighted by Gasteiger charge is 2.06. The van der Waals surface area contributed by atoms with Crippen molar-refractivity contribution in [2.75, 3.05) is 25.0 Å². The number of aromatic carboxylic acids is 1. The SMILES string of the molecule is CCN(CC)CCC(C)Nc1ccc(C(=O)O)cc1. The minimum Gasteiger partial charge on any atom is -0.478 e. The highest BCUT2D eigenvalue weighted by molar-refractivity contribution is 5.87. The van der Waals surface area contributed by atoms with Crippen LogP contribution in [0.5, 0.6) is 0 Å². The molecule has 0 radical (unpaired) electrons. The van der Waals surface area contributed by atoms with E-state index in [0.29, 0.717) is 11.6 Å². The average molecular weight is 264 g/mol. The van der Waals surface area contributed by atoms with Gasteiger partial charge in [-0.15, -0.1) is 0 Å². The van der Waals surface area contributed by atoms with E-state index in [9.17, 15) is 4.79 Å². The van der Waals surface area contributed by atoms with E-state index >= 15 is 0 Å². The third kappa shape index (κ3) is 5.30. The van der Waals surface area contributed by atoms with Gasteiger partial charge in [-0.2, -0.15) is 0 Å². The predicted octanol–water partition coefficient (Wildman–Crippen LogP) is 2.92. The van der Waals surface area contributed by atoms with Gasteiger partial charge in [-0.1, -0.05) is 13.8 Å². The third-order valence-electron chi connectivity index (χ3n) is 3.32. The lowest BCUT2D eigenvalue weighted by molar-refractivity contribution is 0.0697. The van der Waals surface area contributed by atoms with Crippen molar-refractivity contribution in [1.29, 1.82) is 0 Å². The zero-order valence-corrected chi connectivity index (χ0v) is 12.0. The van der Waals surface area contributed by atoms with Gasteiger partial charge in [-0.3, -0.25) is 0 Å². The van der Waals surface area contributed by atoms with Crippen LogP contribution in [-0.2, 0) is 0 Å². The van der Waals surface area contributed by atoms with Crippen LogP contribution in [-0.4, -0.2) is 41.7 Å². The van der Waals surface area contributed by atoms with Crippen LogP contribution in [0.3, 0.4) is 0 Å². The summed E-state index contributed by atoms with van der Waals surface area (Å²) in [6.07, 6.45) is 1.07. The monoisotopic (exact) mass is 264 g/mol. The smallest absolute Gasteiger partial charge is 0.335 e. The first-order valence-corrected chi connectivity index (χ1v) is 6.89. The van der Waals surface area contributed by atoms with E-state index in [1.165, 1.54) is 0 Å². The Morgan fingerprint density at radius 3 is 2.32 bits per heavy atom. The van der Waals surface area contributed by atoms with Crippen molar-refractivity contribution in [1.82, 2.24) is 4.90 Å². The summed E-state index contributed by atoms with van der Waals surface area (Å²) in [7, 11) is 0. The lowest BCUT2D eigenvalue weighted by Gasteiger charge is -2.21. The van der Waals surface area contributed by atoms with Gasteiger partial charge < -0.3 is 15.3 Å². The number of benzene rings is 1. The van der Waals surface area contributed by atoms with Gasteiger partial charge in [0.05, 0.1) is 5.56 Å². The molecule has 0 saturated carbocycles. The summed E-state index contributed by atoms with van der Waals surface area (Å²) >= 11 is 0. The number of rotatable bonds is 8. The molecule has 2 N–H and O–H groups in total. The number of nitrogens with one attached hydrogen (secondary N) is 1. The second kappa shape index (κ2) is 7.79. The van der Waals surface area contributed by atoms with Crippen molar-refractivity contribution in [2.45, 2.75) is 33.2 Å². The molecule has 0 saturated heterocycles. The Morgan fingerprint density at radius 2 is 1.84 bits per heavy atom. The van der Waals surface area contributed by atoms with Crippen LogP contribution in [0.15, 0.2) is 24.3 Å². The molecule has 4 nitrogen and oxygen atoms in total. The van der Waals surface area contributed by atoms with Crippen LogP contribution >= 0.6 is 0 Å². The average Bonchev–Trinajstić information content (AvgIpc) is 2.40. The highest BCUT2D eigenvalue weighted by atomic mass is 16.4. The molecule has 0 spiro atoms. The minimum atomic E-state index is -0.888. The minimum absolute atomic E-state index is 0.321. The van der Waals surface area contributed by atoms with E-state index in [4.69, 9.17) is 5.11 Å². The first kappa shape index (κ1) is 15.5. The van der Waals surface area contributed by atoms with Crippen molar-refractivity contribution in [2.24, 2.45) is 0 Å². The van der Waals surface area contributed by atoms with Crippen molar-refractivity contribution in [3.8, 4) is 0 Å². The van der Waals surface area contributed by atoms with Gasteiger partial charge in [0.2, 0.25) is 0 Å². The van der Waals surface area contributed by atoms with E-state index in [2.05, 4.69) is 31.0 Å². The molecule has 1 atom stereocenters. The van der Waals surface area contributed by atoms with Gasteiger partial charge >= 0.3 is 5.97 Å². The summed E-state index contributed by atoms with van der Waals surface area (Å²) in [6.45, 7) is 9.73. The molecule has 1 aromatic rings. The van der Waals surface area contributed by atoms with Gasteiger partial charge in [-0.05, 0) is 50.7 Å². The summed E-state index contributed by atoms with van der Waals surface area (Å²) in [4.78, 5) is 13.1. The predicted molar refractivity (Wildman–Crippen MR) is 78.9 cm³/mol.